The molecule has 0 aliphatic heterocycles. The van der Waals surface area contributed by atoms with Gasteiger partial charge < -0.3 is 20.4 Å². The number of H-pyrrole nitrogens is 1. The van der Waals surface area contributed by atoms with Gasteiger partial charge in [0, 0.05) is 31.0 Å². The Morgan fingerprint density at radius 1 is 0.864 bits per heavy atom. The van der Waals surface area contributed by atoms with E-state index >= 15 is 0 Å². The van der Waals surface area contributed by atoms with Crippen LogP contribution in [0.15, 0.2) is 83.8 Å². The molecular weight excluding hydrogens is 593 g/mol. The molecule has 44 heavy (non-hydrogen) atoms. The Kier molecular flexibility index (Phi) is 19.9. The summed E-state index contributed by atoms with van der Waals surface area (Å²) in [5.74, 6) is 2.24. The van der Waals surface area contributed by atoms with Gasteiger partial charge in [0.15, 0.2) is 5.75 Å². The number of hydrogen-bond acceptors (Lipinski definition) is 7. The van der Waals surface area contributed by atoms with Crippen molar-refractivity contribution in [3.05, 3.63) is 95.1 Å². The first-order valence-corrected chi connectivity index (χ1v) is 17.7. The van der Waals surface area contributed by atoms with Gasteiger partial charge in [-0.25, -0.2) is 9.78 Å². The van der Waals surface area contributed by atoms with Crippen LogP contribution in [0.25, 0.3) is 10.9 Å². The van der Waals surface area contributed by atoms with Gasteiger partial charge in [0.1, 0.15) is 11.3 Å². The van der Waals surface area contributed by atoms with E-state index in [-0.39, 0.29) is 17.2 Å². The van der Waals surface area contributed by atoms with E-state index in [0.29, 0.717) is 42.0 Å². The van der Waals surface area contributed by atoms with E-state index in [9.17, 15) is 14.4 Å². The van der Waals surface area contributed by atoms with Crippen LogP contribution in [0.1, 0.15) is 64.1 Å². The molecule has 3 N–H and O–H groups in total. The predicted octanol–water partition coefficient (Wildman–Crippen LogP) is 7.74. The minimum atomic E-state index is -0.598. The summed E-state index contributed by atoms with van der Waals surface area (Å²) in [6.45, 7) is 4.86. The number of aryl methyl sites for hydroxylation is 1. The molecule has 0 radical (unpaired) electrons. The fraction of sp³-hybridized carbons (Fsp3) is 0.412. The van der Waals surface area contributed by atoms with Crippen molar-refractivity contribution in [2.45, 2.75) is 65.2 Å². The summed E-state index contributed by atoms with van der Waals surface area (Å²) in [7, 11) is 3.26. The second-order valence-corrected chi connectivity index (χ2v) is 12.4. The van der Waals surface area contributed by atoms with Crippen LogP contribution in [0, 0.1) is 6.92 Å². The normalized spacial score (nSPS) is 12.0. The first kappa shape index (κ1) is 36.7. The van der Waals surface area contributed by atoms with Crippen molar-refractivity contribution < 1.29 is 14.3 Å². The molecule has 2 rings (SSSR count). The van der Waals surface area contributed by atoms with E-state index in [4.69, 9.17) is 4.74 Å². The topological polar surface area (TPSA) is 113 Å². The SMILES string of the molecule is CCC=CCC=CCC=CCC=CCC=CCCCC(=O)NCCSSCCNC(=O)Oc1cccc2c(=O)[nH]c(C)nc12. The second-order valence-electron chi connectivity index (χ2n) is 9.71. The molecule has 0 saturated heterocycles. The monoisotopic (exact) mass is 638 g/mol. The zero-order valence-corrected chi connectivity index (χ0v) is 27.5. The minimum absolute atomic E-state index is 0.0764. The lowest BCUT2D eigenvalue weighted by Gasteiger charge is -2.09. The standard InChI is InChI=1S/C34H46N4O4S2/c1-3-4-5-6-7-8-9-10-11-12-13-14-15-16-17-18-19-23-31(39)35-24-26-43-44-27-25-36-34(41)42-30-22-20-21-29-32(30)37-28(2)38-33(29)40/h4-5,7-8,10-11,13-14,16-17,20-22H,3,6,9,12,15,18-19,23-27H2,1-2H3,(H,35,39)(H,36,41)(H,37,38,40). The highest BCUT2D eigenvalue weighted by Gasteiger charge is 2.11. The highest BCUT2D eigenvalue weighted by Crippen LogP contribution is 2.22. The van der Waals surface area contributed by atoms with E-state index in [1.54, 1.807) is 46.7 Å². The number of carbonyl (C=O) groups excluding carboxylic acids is 2. The number of hydrogen-bond donors (Lipinski definition) is 3. The Morgan fingerprint density at radius 2 is 1.45 bits per heavy atom. The predicted molar refractivity (Wildman–Crippen MR) is 187 cm³/mol. The average molecular weight is 639 g/mol. The molecule has 0 fully saturated rings. The number of ether oxygens (including phenoxy) is 1. The number of para-hydroxylation sites is 1. The molecule has 2 amide bonds. The summed E-state index contributed by atoms with van der Waals surface area (Å²) in [6, 6.07) is 4.89. The molecule has 0 spiro atoms. The Bertz CT molecular complexity index is 1350. The first-order valence-electron chi connectivity index (χ1n) is 15.2. The molecule has 0 saturated carbocycles. The molecule has 1 aromatic carbocycles. The van der Waals surface area contributed by atoms with Crippen LogP contribution in [0.2, 0.25) is 0 Å². The summed E-state index contributed by atoms with van der Waals surface area (Å²) >= 11 is 0. The van der Waals surface area contributed by atoms with Crippen molar-refractivity contribution >= 4 is 44.5 Å². The number of aromatic amines is 1. The van der Waals surface area contributed by atoms with Crippen molar-refractivity contribution in [3.8, 4) is 5.75 Å². The fourth-order valence-corrected chi connectivity index (χ4v) is 5.66. The maximum Gasteiger partial charge on any atom is 0.412 e. The van der Waals surface area contributed by atoms with Crippen LogP contribution < -0.4 is 20.9 Å². The van der Waals surface area contributed by atoms with Crippen LogP contribution in [0.3, 0.4) is 0 Å². The van der Waals surface area contributed by atoms with E-state index in [0.717, 1.165) is 50.7 Å². The average Bonchev–Trinajstić information content (AvgIpc) is 3.00. The molecule has 0 unspecified atom stereocenters. The summed E-state index contributed by atoms with van der Waals surface area (Å²) < 4.78 is 5.37. The zero-order valence-electron chi connectivity index (χ0n) is 25.9. The van der Waals surface area contributed by atoms with Gasteiger partial charge in [-0.3, -0.25) is 9.59 Å². The highest BCUT2D eigenvalue weighted by molar-refractivity contribution is 8.76. The lowest BCUT2D eigenvalue weighted by molar-refractivity contribution is -0.121. The lowest BCUT2D eigenvalue weighted by atomic mass is 10.2. The Balaban J connectivity index is 1.41. The first-order chi connectivity index (χ1) is 21.5. The summed E-state index contributed by atoms with van der Waals surface area (Å²) in [6.07, 6.45) is 28.4. The van der Waals surface area contributed by atoms with Crippen molar-refractivity contribution in [2.75, 3.05) is 24.6 Å². The third-order valence-electron chi connectivity index (χ3n) is 6.00. The fourth-order valence-electron chi connectivity index (χ4n) is 3.85. The van der Waals surface area contributed by atoms with Gasteiger partial charge in [0.2, 0.25) is 5.91 Å². The van der Waals surface area contributed by atoms with Gasteiger partial charge in [-0.15, -0.1) is 0 Å². The van der Waals surface area contributed by atoms with Gasteiger partial charge in [-0.2, -0.15) is 0 Å². The van der Waals surface area contributed by atoms with Gasteiger partial charge in [-0.05, 0) is 64.0 Å². The number of unbranched alkanes of at least 4 members (excludes halogenated alkanes) is 1. The number of nitrogens with zero attached hydrogens (tertiary/aromatic N) is 1. The molecule has 238 valence electrons. The van der Waals surface area contributed by atoms with Crippen LogP contribution in [0.4, 0.5) is 4.79 Å². The Hall–Kier alpha value is -3.50. The summed E-state index contributed by atoms with van der Waals surface area (Å²) in [4.78, 5) is 43.2. The number of allylic oxidation sites excluding steroid dienone is 10. The number of aromatic nitrogens is 2. The van der Waals surface area contributed by atoms with Gasteiger partial charge in [-0.1, -0.05) is 95.3 Å². The third kappa shape index (κ3) is 17.0. The molecule has 2 aromatic rings. The lowest BCUT2D eigenvalue weighted by Crippen LogP contribution is -2.29. The molecule has 1 heterocycles. The molecule has 10 heteroatoms. The number of nitrogens with one attached hydrogen (secondary N) is 3. The molecule has 0 aliphatic rings. The van der Waals surface area contributed by atoms with E-state index in [1.165, 1.54) is 0 Å². The number of amides is 2. The van der Waals surface area contributed by atoms with E-state index in [1.807, 2.05) is 0 Å². The molecular formula is C34H46N4O4S2. The van der Waals surface area contributed by atoms with Gasteiger partial charge in [0.25, 0.3) is 5.56 Å². The third-order valence-corrected chi connectivity index (χ3v) is 8.41. The van der Waals surface area contributed by atoms with Gasteiger partial charge in [0.05, 0.1) is 5.39 Å². The Labute approximate surface area is 269 Å². The smallest absolute Gasteiger partial charge is 0.408 e. The molecule has 0 atom stereocenters. The highest BCUT2D eigenvalue weighted by atomic mass is 33.1. The molecule has 0 bridgehead atoms. The second kappa shape index (κ2) is 23.9. The van der Waals surface area contributed by atoms with Crippen molar-refractivity contribution in [2.24, 2.45) is 0 Å². The zero-order chi connectivity index (χ0) is 31.7. The van der Waals surface area contributed by atoms with Gasteiger partial charge >= 0.3 is 6.09 Å². The molecule has 1 aromatic heterocycles. The maximum absolute atomic E-state index is 12.2. The minimum Gasteiger partial charge on any atom is -0.408 e. The maximum atomic E-state index is 12.2. The number of benzene rings is 1. The number of fused-ring (bicyclic) bond motifs is 1. The largest absolute Gasteiger partial charge is 0.412 e. The quantitative estimate of drug-likeness (QED) is 0.0728. The number of carbonyl (C=O) groups is 2. The summed E-state index contributed by atoms with van der Waals surface area (Å²) in [5, 5.41) is 6.02. The van der Waals surface area contributed by atoms with Crippen molar-refractivity contribution in [1.29, 1.82) is 0 Å². The molecule has 8 nitrogen and oxygen atoms in total. The number of rotatable bonds is 21. The molecule has 0 aliphatic carbocycles. The van der Waals surface area contributed by atoms with Crippen LogP contribution in [-0.2, 0) is 4.79 Å². The van der Waals surface area contributed by atoms with Crippen LogP contribution >= 0.6 is 21.6 Å². The van der Waals surface area contributed by atoms with Crippen molar-refractivity contribution in [3.63, 3.8) is 0 Å². The van der Waals surface area contributed by atoms with Crippen LogP contribution in [0.5, 0.6) is 5.75 Å². The van der Waals surface area contributed by atoms with E-state index < -0.39 is 6.09 Å². The summed E-state index contributed by atoms with van der Waals surface area (Å²) in [5.41, 5.74) is 0.0781. The van der Waals surface area contributed by atoms with Crippen molar-refractivity contribution in [1.82, 2.24) is 20.6 Å². The Morgan fingerprint density at radius 3 is 2.09 bits per heavy atom. The van der Waals surface area contributed by atoms with E-state index in [2.05, 4.69) is 88.3 Å². The van der Waals surface area contributed by atoms with Crippen LogP contribution in [-0.4, -0.2) is 46.6 Å².